The standard InChI is InChI=1S/C19H28N6O2/c1-5-20-19(21-11-18-22-13-23-24(18)2)25-7-6-14(12-25)15-8-16(26-3)10-17(9-15)27-4/h8-10,13-14H,5-7,11-12H2,1-4H3,(H,20,21). The Balaban J connectivity index is 1.73. The first kappa shape index (κ1) is 19.0. The van der Waals surface area contributed by atoms with Gasteiger partial charge in [-0.25, -0.2) is 9.98 Å². The van der Waals surface area contributed by atoms with Crippen LogP contribution in [0.3, 0.4) is 0 Å². The van der Waals surface area contributed by atoms with Crippen LogP contribution in [0.25, 0.3) is 0 Å². The second-order valence-corrected chi connectivity index (χ2v) is 6.55. The molecule has 2 heterocycles. The van der Waals surface area contributed by atoms with Crippen molar-refractivity contribution in [2.24, 2.45) is 12.0 Å². The molecule has 1 N–H and O–H groups in total. The molecule has 0 aliphatic carbocycles. The normalized spacial score (nSPS) is 17.3. The number of methoxy groups -OCH3 is 2. The molecule has 0 saturated carbocycles. The minimum Gasteiger partial charge on any atom is -0.497 e. The molecule has 146 valence electrons. The maximum Gasteiger partial charge on any atom is 0.194 e. The lowest BCUT2D eigenvalue weighted by Crippen LogP contribution is -2.40. The fourth-order valence-corrected chi connectivity index (χ4v) is 3.32. The Bertz CT molecular complexity index is 766. The minimum atomic E-state index is 0.410. The van der Waals surface area contributed by atoms with Gasteiger partial charge in [0.05, 0.1) is 14.2 Å². The first-order valence-electron chi connectivity index (χ1n) is 9.23. The third-order valence-electron chi connectivity index (χ3n) is 4.84. The van der Waals surface area contributed by atoms with Gasteiger partial charge < -0.3 is 19.7 Å². The molecule has 8 nitrogen and oxygen atoms in total. The van der Waals surface area contributed by atoms with E-state index in [0.29, 0.717) is 12.5 Å². The number of aliphatic imine (C=N–C) groups is 1. The van der Waals surface area contributed by atoms with Crippen molar-refractivity contribution in [3.05, 3.63) is 35.9 Å². The lowest BCUT2D eigenvalue weighted by atomic mass is 9.98. The summed E-state index contributed by atoms with van der Waals surface area (Å²) in [5, 5.41) is 7.49. The predicted molar refractivity (Wildman–Crippen MR) is 104 cm³/mol. The predicted octanol–water partition coefficient (Wildman–Crippen LogP) is 1.79. The highest BCUT2D eigenvalue weighted by atomic mass is 16.5. The van der Waals surface area contributed by atoms with Crippen LogP contribution < -0.4 is 14.8 Å². The Morgan fingerprint density at radius 1 is 1.26 bits per heavy atom. The summed E-state index contributed by atoms with van der Waals surface area (Å²) >= 11 is 0. The van der Waals surface area contributed by atoms with Crippen LogP contribution in [-0.4, -0.2) is 59.5 Å². The zero-order valence-electron chi connectivity index (χ0n) is 16.5. The van der Waals surface area contributed by atoms with E-state index in [1.165, 1.54) is 5.56 Å². The van der Waals surface area contributed by atoms with Crippen LogP contribution in [0, 0.1) is 0 Å². The van der Waals surface area contributed by atoms with E-state index in [1.54, 1.807) is 25.2 Å². The van der Waals surface area contributed by atoms with E-state index in [2.05, 4.69) is 39.4 Å². The Morgan fingerprint density at radius 2 is 2.00 bits per heavy atom. The first-order chi connectivity index (χ1) is 13.1. The van der Waals surface area contributed by atoms with Gasteiger partial charge in [-0.05, 0) is 31.0 Å². The molecular weight excluding hydrogens is 344 g/mol. The molecule has 8 heteroatoms. The number of aryl methyl sites for hydroxylation is 1. The average molecular weight is 372 g/mol. The van der Waals surface area contributed by atoms with Crippen molar-refractivity contribution in [2.75, 3.05) is 33.9 Å². The van der Waals surface area contributed by atoms with Crippen LogP contribution in [0.4, 0.5) is 0 Å². The number of rotatable bonds is 6. The summed E-state index contributed by atoms with van der Waals surface area (Å²) in [6.45, 7) is 5.27. The molecule has 27 heavy (non-hydrogen) atoms. The highest BCUT2D eigenvalue weighted by molar-refractivity contribution is 5.80. The van der Waals surface area contributed by atoms with Gasteiger partial charge >= 0.3 is 0 Å². The van der Waals surface area contributed by atoms with Crippen LogP contribution in [0.2, 0.25) is 0 Å². The highest BCUT2D eigenvalue weighted by Gasteiger charge is 2.27. The zero-order chi connectivity index (χ0) is 19.2. The van der Waals surface area contributed by atoms with Gasteiger partial charge in [0.25, 0.3) is 0 Å². The summed E-state index contributed by atoms with van der Waals surface area (Å²) in [6.07, 6.45) is 2.62. The van der Waals surface area contributed by atoms with Gasteiger partial charge in [0.1, 0.15) is 30.2 Å². The van der Waals surface area contributed by atoms with E-state index in [4.69, 9.17) is 14.5 Å². The Kier molecular flexibility index (Phi) is 6.16. The molecule has 1 aliphatic rings. The summed E-state index contributed by atoms with van der Waals surface area (Å²) < 4.78 is 12.6. The van der Waals surface area contributed by atoms with E-state index < -0.39 is 0 Å². The Labute approximate surface area is 160 Å². The van der Waals surface area contributed by atoms with E-state index in [0.717, 1.165) is 49.3 Å². The Hall–Kier alpha value is -2.77. The van der Waals surface area contributed by atoms with Crippen molar-refractivity contribution >= 4 is 5.96 Å². The molecule has 2 aromatic rings. The number of hydrogen-bond donors (Lipinski definition) is 1. The van der Waals surface area contributed by atoms with Gasteiger partial charge in [0, 0.05) is 38.7 Å². The number of guanidine groups is 1. The van der Waals surface area contributed by atoms with Crippen LogP contribution >= 0.6 is 0 Å². The van der Waals surface area contributed by atoms with Gasteiger partial charge in [-0.2, -0.15) is 5.10 Å². The minimum absolute atomic E-state index is 0.410. The Morgan fingerprint density at radius 3 is 2.59 bits per heavy atom. The molecule has 0 radical (unpaired) electrons. The van der Waals surface area contributed by atoms with Crippen LogP contribution in [0.5, 0.6) is 11.5 Å². The van der Waals surface area contributed by atoms with E-state index in [1.807, 2.05) is 13.1 Å². The van der Waals surface area contributed by atoms with Crippen LogP contribution in [0.15, 0.2) is 29.5 Å². The maximum atomic E-state index is 5.42. The summed E-state index contributed by atoms with van der Waals surface area (Å²) in [5.41, 5.74) is 1.23. The van der Waals surface area contributed by atoms with E-state index in [-0.39, 0.29) is 0 Å². The number of aromatic nitrogens is 3. The molecular formula is C19H28N6O2. The molecule has 3 rings (SSSR count). The molecule has 1 saturated heterocycles. The molecule has 1 aromatic heterocycles. The smallest absolute Gasteiger partial charge is 0.194 e. The third-order valence-corrected chi connectivity index (χ3v) is 4.84. The molecule has 1 unspecified atom stereocenters. The fraction of sp³-hybridized carbons (Fsp3) is 0.526. The van der Waals surface area contributed by atoms with Gasteiger partial charge in [0.2, 0.25) is 0 Å². The summed E-state index contributed by atoms with van der Waals surface area (Å²) in [6, 6.07) is 6.10. The van der Waals surface area contributed by atoms with Gasteiger partial charge in [-0.15, -0.1) is 0 Å². The fourth-order valence-electron chi connectivity index (χ4n) is 3.32. The van der Waals surface area contributed by atoms with Gasteiger partial charge in [-0.3, -0.25) is 4.68 Å². The summed E-state index contributed by atoms with van der Waals surface area (Å²) in [7, 11) is 5.25. The number of likely N-dealkylation sites (tertiary alicyclic amines) is 1. The van der Waals surface area contributed by atoms with Gasteiger partial charge in [-0.1, -0.05) is 0 Å². The lowest BCUT2D eigenvalue weighted by molar-refractivity contribution is 0.392. The summed E-state index contributed by atoms with van der Waals surface area (Å²) in [4.78, 5) is 11.3. The second kappa shape index (κ2) is 8.75. The van der Waals surface area contributed by atoms with Gasteiger partial charge in [0.15, 0.2) is 5.96 Å². The molecule has 1 fully saturated rings. The first-order valence-corrected chi connectivity index (χ1v) is 9.23. The lowest BCUT2D eigenvalue weighted by Gasteiger charge is -2.22. The number of nitrogens with zero attached hydrogens (tertiary/aromatic N) is 5. The van der Waals surface area contributed by atoms with Crippen molar-refractivity contribution in [1.29, 1.82) is 0 Å². The third kappa shape index (κ3) is 4.50. The maximum absolute atomic E-state index is 5.42. The van der Waals surface area contributed by atoms with Crippen molar-refractivity contribution in [3.8, 4) is 11.5 Å². The topological polar surface area (TPSA) is 76.8 Å². The molecule has 1 atom stereocenters. The molecule has 1 aromatic carbocycles. The monoisotopic (exact) mass is 372 g/mol. The molecule has 0 bridgehead atoms. The zero-order valence-corrected chi connectivity index (χ0v) is 16.5. The molecule has 1 aliphatic heterocycles. The summed E-state index contributed by atoms with van der Waals surface area (Å²) in [5.74, 6) is 3.82. The number of benzene rings is 1. The van der Waals surface area contributed by atoms with Crippen LogP contribution in [0.1, 0.15) is 30.7 Å². The quantitative estimate of drug-likeness (QED) is 0.615. The van der Waals surface area contributed by atoms with Crippen molar-refractivity contribution < 1.29 is 9.47 Å². The van der Waals surface area contributed by atoms with Crippen molar-refractivity contribution in [2.45, 2.75) is 25.8 Å². The van der Waals surface area contributed by atoms with E-state index >= 15 is 0 Å². The number of ether oxygens (including phenoxy) is 2. The van der Waals surface area contributed by atoms with Crippen LogP contribution in [-0.2, 0) is 13.6 Å². The number of hydrogen-bond acceptors (Lipinski definition) is 5. The number of nitrogens with one attached hydrogen (secondary N) is 1. The largest absolute Gasteiger partial charge is 0.497 e. The van der Waals surface area contributed by atoms with Crippen molar-refractivity contribution in [3.63, 3.8) is 0 Å². The van der Waals surface area contributed by atoms with Crippen molar-refractivity contribution in [1.82, 2.24) is 25.0 Å². The SMILES string of the molecule is CCNC(=NCc1ncnn1C)N1CCC(c2cc(OC)cc(OC)c2)C1. The molecule has 0 spiro atoms. The second-order valence-electron chi connectivity index (χ2n) is 6.55. The average Bonchev–Trinajstić information content (AvgIpc) is 3.34. The highest BCUT2D eigenvalue weighted by Crippen LogP contribution is 2.32. The molecule has 0 amide bonds. The van der Waals surface area contributed by atoms with E-state index in [9.17, 15) is 0 Å².